The number of rotatable bonds is 5. The minimum absolute atomic E-state index is 0.0970. The molecular weight excluding hydrogens is 346 g/mol. The van der Waals surface area contributed by atoms with Gasteiger partial charge in [-0.2, -0.15) is 5.26 Å². The van der Waals surface area contributed by atoms with Crippen LogP contribution in [0.2, 0.25) is 0 Å². The van der Waals surface area contributed by atoms with Crippen molar-refractivity contribution in [2.75, 3.05) is 45.2 Å². The zero-order valence-electron chi connectivity index (χ0n) is 15.5. The number of benzene rings is 1. The van der Waals surface area contributed by atoms with Crippen molar-refractivity contribution in [1.82, 2.24) is 9.80 Å². The van der Waals surface area contributed by atoms with Gasteiger partial charge in [0.2, 0.25) is 5.91 Å². The molecule has 26 heavy (non-hydrogen) atoms. The Bertz CT molecular complexity index is 740. The molecule has 0 spiro atoms. The molecule has 0 unspecified atom stereocenters. The van der Waals surface area contributed by atoms with Crippen molar-refractivity contribution < 1.29 is 4.79 Å². The van der Waals surface area contributed by atoms with E-state index in [4.69, 9.17) is 18.0 Å². The van der Waals surface area contributed by atoms with Crippen LogP contribution in [0, 0.1) is 11.3 Å². The van der Waals surface area contributed by atoms with Gasteiger partial charge in [-0.3, -0.25) is 4.79 Å². The maximum absolute atomic E-state index is 11.8. The van der Waals surface area contributed by atoms with Crippen LogP contribution in [-0.4, -0.2) is 61.0 Å². The molecule has 1 amide bonds. The fourth-order valence-corrected chi connectivity index (χ4v) is 3.12. The van der Waals surface area contributed by atoms with Crippen molar-refractivity contribution in [3.8, 4) is 6.07 Å². The monoisotopic (exact) mass is 371 g/mol. The van der Waals surface area contributed by atoms with E-state index in [-0.39, 0.29) is 10.9 Å². The number of anilines is 1. The maximum Gasteiger partial charge on any atom is 0.226 e. The summed E-state index contributed by atoms with van der Waals surface area (Å²) >= 11 is 4.95. The quantitative estimate of drug-likeness (QED) is 0.480. The van der Waals surface area contributed by atoms with Gasteiger partial charge < -0.3 is 20.4 Å². The van der Waals surface area contributed by atoms with E-state index in [0.717, 1.165) is 43.1 Å². The molecule has 138 valence electrons. The van der Waals surface area contributed by atoms with Gasteiger partial charge in [0.05, 0.1) is 6.42 Å². The van der Waals surface area contributed by atoms with Crippen LogP contribution in [0.5, 0.6) is 0 Å². The average molecular weight is 372 g/mol. The first kappa shape index (κ1) is 19.7. The number of piperazine rings is 1. The molecule has 0 aromatic heterocycles. The molecule has 0 aliphatic carbocycles. The van der Waals surface area contributed by atoms with Gasteiger partial charge in [-0.25, -0.2) is 0 Å². The van der Waals surface area contributed by atoms with Crippen LogP contribution in [0.1, 0.15) is 12.5 Å². The Labute approximate surface area is 160 Å². The number of carbonyl (C=O) groups is 1. The predicted octanol–water partition coefficient (Wildman–Crippen LogP) is 1.52. The smallest absolute Gasteiger partial charge is 0.226 e. The number of thiocarbonyl (C=S) groups is 1. The molecule has 2 rings (SSSR count). The summed E-state index contributed by atoms with van der Waals surface area (Å²) in [7, 11) is 3.53. The summed E-state index contributed by atoms with van der Waals surface area (Å²) in [6.45, 7) is 5.21. The van der Waals surface area contributed by atoms with Gasteiger partial charge >= 0.3 is 0 Å². The number of amides is 1. The highest BCUT2D eigenvalue weighted by Crippen LogP contribution is 2.20. The SMILES string of the molecule is CC(=C(C#N)C(N)=S)N1CCN(c2ccc(CC(=O)N(C)C)cc2)CC1. The minimum atomic E-state index is 0.0970. The molecule has 0 saturated carbocycles. The first-order valence-corrected chi connectivity index (χ1v) is 8.94. The maximum atomic E-state index is 11.8. The van der Waals surface area contributed by atoms with Crippen molar-refractivity contribution in [2.45, 2.75) is 13.3 Å². The van der Waals surface area contributed by atoms with E-state index in [1.54, 1.807) is 19.0 Å². The number of nitrogens with two attached hydrogens (primary N) is 1. The average Bonchev–Trinajstić information content (AvgIpc) is 2.62. The van der Waals surface area contributed by atoms with Gasteiger partial charge in [0, 0.05) is 51.7 Å². The fourth-order valence-electron chi connectivity index (χ4n) is 2.93. The van der Waals surface area contributed by atoms with Crippen LogP contribution in [-0.2, 0) is 11.2 Å². The second-order valence-electron chi connectivity index (χ2n) is 6.54. The topological polar surface area (TPSA) is 76.6 Å². The largest absolute Gasteiger partial charge is 0.389 e. The fraction of sp³-hybridized carbons (Fsp3) is 0.421. The first-order chi connectivity index (χ1) is 12.3. The lowest BCUT2D eigenvalue weighted by molar-refractivity contribution is -0.127. The number of nitriles is 1. The molecule has 1 heterocycles. The molecule has 1 aromatic rings. The third-order valence-electron chi connectivity index (χ3n) is 4.63. The molecule has 1 aromatic carbocycles. The van der Waals surface area contributed by atoms with E-state index in [1.807, 2.05) is 19.1 Å². The Morgan fingerprint density at radius 3 is 2.27 bits per heavy atom. The third kappa shape index (κ3) is 4.73. The van der Waals surface area contributed by atoms with Crippen LogP contribution in [0.15, 0.2) is 35.5 Å². The van der Waals surface area contributed by atoms with Crippen molar-refractivity contribution in [1.29, 1.82) is 5.26 Å². The number of carbonyl (C=O) groups excluding carboxylic acids is 1. The molecule has 2 N–H and O–H groups in total. The lowest BCUT2D eigenvalue weighted by atomic mass is 10.1. The highest BCUT2D eigenvalue weighted by molar-refractivity contribution is 7.80. The van der Waals surface area contributed by atoms with E-state index < -0.39 is 0 Å². The molecule has 6 nitrogen and oxygen atoms in total. The van der Waals surface area contributed by atoms with Crippen LogP contribution >= 0.6 is 12.2 Å². The van der Waals surface area contributed by atoms with Gasteiger partial charge in [0.15, 0.2) is 0 Å². The minimum Gasteiger partial charge on any atom is -0.389 e. The predicted molar refractivity (Wildman–Crippen MR) is 108 cm³/mol. The molecule has 1 aliphatic heterocycles. The number of allylic oxidation sites excluding steroid dienone is 1. The standard InChI is InChI=1S/C19H25N5OS/c1-14(17(13-20)19(21)26)23-8-10-24(11-9-23)16-6-4-15(5-7-16)12-18(25)22(2)3/h4-7H,8-12H2,1-3H3,(H2,21,26). The van der Waals surface area contributed by atoms with E-state index in [2.05, 4.69) is 28.0 Å². The second-order valence-corrected chi connectivity index (χ2v) is 6.98. The van der Waals surface area contributed by atoms with Crippen LogP contribution < -0.4 is 10.6 Å². The summed E-state index contributed by atoms with van der Waals surface area (Å²) in [5, 5.41) is 9.21. The second kappa shape index (κ2) is 8.68. The molecular formula is C19H25N5OS. The van der Waals surface area contributed by atoms with Gasteiger partial charge in [0.1, 0.15) is 16.6 Å². The Morgan fingerprint density at radius 1 is 1.23 bits per heavy atom. The Morgan fingerprint density at radius 2 is 1.81 bits per heavy atom. The van der Waals surface area contributed by atoms with E-state index in [9.17, 15) is 10.1 Å². The number of nitrogens with zero attached hydrogens (tertiary/aromatic N) is 4. The normalized spacial score (nSPS) is 15.2. The van der Waals surface area contributed by atoms with E-state index in [0.29, 0.717) is 12.0 Å². The van der Waals surface area contributed by atoms with Gasteiger partial charge in [-0.1, -0.05) is 24.4 Å². The van der Waals surface area contributed by atoms with Crippen molar-refractivity contribution in [3.63, 3.8) is 0 Å². The highest BCUT2D eigenvalue weighted by Gasteiger charge is 2.20. The zero-order valence-corrected chi connectivity index (χ0v) is 16.3. The summed E-state index contributed by atoms with van der Waals surface area (Å²) < 4.78 is 0. The lowest BCUT2D eigenvalue weighted by Crippen LogP contribution is -2.46. The number of likely N-dealkylation sites (N-methyl/N-ethyl adjacent to an activating group) is 1. The van der Waals surface area contributed by atoms with Gasteiger partial charge in [-0.15, -0.1) is 0 Å². The molecule has 0 atom stereocenters. The summed E-state index contributed by atoms with van der Waals surface area (Å²) in [4.78, 5) is 18.0. The van der Waals surface area contributed by atoms with Crippen LogP contribution in [0.25, 0.3) is 0 Å². The summed E-state index contributed by atoms with van der Waals surface area (Å²) in [6.07, 6.45) is 0.418. The summed E-state index contributed by atoms with van der Waals surface area (Å²) in [6, 6.07) is 10.2. The van der Waals surface area contributed by atoms with Gasteiger partial charge in [-0.05, 0) is 24.6 Å². The molecule has 1 fully saturated rings. The van der Waals surface area contributed by atoms with Crippen molar-refractivity contribution >= 4 is 28.8 Å². The third-order valence-corrected chi connectivity index (χ3v) is 4.83. The lowest BCUT2D eigenvalue weighted by Gasteiger charge is -2.38. The molecule has 0 bridgehead atoms. The first-order valence-electron chi connectivity index (χ1n) is 8.53. The van der Waals surface area contributed by atoms with E-state index >= 15 is 0 Å². The molecule has 7 heteroatoms. The van der Waals surface area contributed by atoms with Crippen molar-refractivity contribution in [3.05, 3.63) is 41.1 Å². The summed E-state index contributed by atoms with van der Waals surface area (Å²) in [5.41, 5.74) is 9.02. The van der Waals surface area contributed by atoms with Crippen LogP contribution in [0.3, 0.4) is 0 Å². The highest BCUT2D eigenvalue weighted by atomic mass is 32.1. The molecule has 0 radical (unpaired) electrons. The summed E-state index contributed by atoms with van der Waals surface area (Å²) in [5.74, 6) is 0.0970. The van der Waals surface area contributed by atoms with Gasteiger partial charge in [0.25, 0.3) is 0 Å². The number of hydrogen-bond donors (Lipinski definition) is 1. The Kier molecular flexibility index (Phi) is 6.58. The van der Waals surface area contributed by atoms with Crippen molar-refractivity contribution in [2.24, 2.45) is 5.73 Å². The van der Waals surface area contributed by atoms with E-state index in [1.165, 1.54) is 0 Å². The Balaban J connectivity index is 1.99. The molecule has 1 saturated heterocycles. The number of hydrogen-bond acceptors (Lipinski definition) is 5. The molecule has 1 aliphatic rings. The van der Waals surface area contributed by atoms with Crippen LogP contribution in [0.4, 0.5) is 5.69 Å². The Hall–Kier alpha value is -2.59. The zero-order chi connectivity index (χ0) is 19.3.